The maximum atomic E-state index is 13.4. The molecule has 2 heterocycles. The Morgan fingerprint density at radius 2 is 2.04 bits per heavy atom. The van der Waals surface area contributed by atoms with Gasteiger partial charge < -0.3 is 9.80 Å². The average molecular weight is 359 g/mol. The number of benzene rings is 1. The van der Waals surface area contributed by atoms with Crippen molar-refractivity contribution in [2.75, 3.05) is 37.7 Å². The summed E-state index contributed by atoms with van der Waals surface area (Å²) in [4.78, 5) is 18.3. The number of thioether (sulfide) groups is 1. The first-order valence-electron chi connectivity index (χ1n) is 9.92. The van der Waals surface area contributed by atoms with E-state index in [4.69, 9.17) is 0 Å². The van der Waals surface area contributed by atoms with Crippen LogP contribution in [0.2, 0.25) is 0 Å². The van der Waals surface area contributed by atoms with Crippen LogP contribution in [0.25, 0.3) is 0 Å². The van der Waals surface area contributed by atoms with E-state index >= 15 is 0 Å². The number of piperidine rings is 1. The molecular formula is C21H30N2OS. The van der Waals surface area contributed by atoms with Crippen molar-refractivity contribution in [3.63, 3.8) is 0 Å². The molecule has 0 aromatic heterocycles. The van der Waals surface area contributed by atoms with Crippen molar-refractivity contribution in [2.45, 2.75) is 51.0 Å². The molecule has 3 nitrogen and oxygen atoms in total. The lowest BCUT2D eigenvalue weighted by Gasteiger charge is -2.40. The van der Waals surface area contributed by atoms with Crippen molar-refractivity contribution in [3.8, 4) is 0 Å². The van der Waals surface area contributed by atoms with E-state index in [0.717, 1.165) is 37.4 Å². The number of fused-ring (bicyclic) bond motifs is 1. The van der Waals surface area contributed by atoms with Gasteiger partial charge in [-0.25, -0.2) is 0 Å². The fourth-order valence-corrected chi connectivity index (χ4v) is 5.76. The summed E-state index contributed by atoms with van der Waals surface area (Å²) in [6.07, 6.45) is 6.08. The second kappa shape index (κ2) is 7.71. The van der Waals surface area contributed by atoms with Gasteiger partial charge in [0.05, 0.1) is 12.0 Å². The summed E-state index contributed by atoms with van der Waals surface area (Å²) in [6.45, 7) is 6.58. The third-order valence-corrected chi connectivity index (χ3v) is 7.20. The number of carbonyl (C=O) groups is 1. The minimum Gasteiger partial charge on any atom is -0.336 e. The Hall–Kier alpha value is -1.00. The first kappa shape index (κ1) is 17.4. The Labute approximate surface area is 156 Å². The molecule has 136 valence electrons. The van der Waals surface area contributed by atoms with E-state index in [1.807, 2.05) is 11.8 Å². The van der Waals surface area contributed by atoms with Crippen molar-refractivity contribution in [1.29, 1.82) is 0 Å². The summed E-state index contributed by atoms with van der Waals surface area (Å²) in [6, 6.07) is 7.07. The van der Waals surface area contributed by atoms with Crippen molar-refractivity contribution in [3.05, 3.63) is 34.9 Å². The fraction of sp³-hybridized carbons (Fsp3) is 0.667. The van der Waals surface area contributed by atoms with Gasteiger partial charge in [0, 0.05) is 24.6 Å². The monoisotopic (exact) mass is 358 g/mol. The molecule has 1 aromatic carbocycles. The molecule has 2 unspecified atom stereocenters. The molecule has 2 aliphatic heterocycles. The third kappa shape index (κ3) is 3.75. The Morgan fingerprint density at radius 1 is 1.20 bits per heavy atom. The van der Waals surface area contributed by atoms with E-state index in [0.29, 0.717) is 11.9 Å². The van der Waals surface area contributed by atoms with Gasteiger partial charge >= 0.3 is 0 Å². The second-order valence-electron chi connectivity index (χ2n) is 7.92. The third-order valence-electron chi connectivity index (χ3n) is 6.11. The number of carbonyl (C=O) groups excluding carboxylic acids is 1. The van der Waals surface area contributed by atoms with Crippen LogP contribution in [-0.4, -0.2) is 59.4 Å². The minimum absolute atomic E-state index is 0.0989. The maximum Gasteiger partial charge on any atom is 0.230 e. The van der Waals surface area contributed by atoms with Crippen LogP contribution in [0.15, 0.2) is 18.2 Å². The minimum atomic E-state index is 0.0989. The van der Waals surface area contributed by atoms with Crippen molar-refractivity contribution in [2.24, 2.45) is 0 Å². The summed E-state index contributed by atoms with van der Waals surface area (Å²) in [7, 11) is 0. The molecule has 4 heteroatoms. The normalized spacial score (nSPS) is 27.3. The van der Waals surface area contributed by atoms with Gasteiger partial charge in [0.25, 0.3) is 0 Å². The Kier molecular flexibility index (Phi) is 5.37. The molecule has 1 aliphatic carbocycles. The number of rotatable bonds is 3. The number of likely N-dealkylation sites (tertiary alicyclic amines) is 1. The van der Waals surface area contributed by atoms with Gasteiger partial charge in [-0.15, -0.1) is 0 Å². The Morgan fingerprint density at radius 3 is 2.88 bits per heavy atom. The zero-order valence-electron chi connectivity index (χ0n) is 15.4. The number of hydrogen-bond acceptors (Lipinski definition) is 3. The van der Waals surface area contributed by atoms with E-state index in [9.17, 15) is 4.79 Å². The van der Waals surface area contributed by atoms with Crippen LogP contribution in [0, 0.1) is 6.92 Å². The molecule has 0 radical (unpaired) electrons. The van der Waals surface area contributed by atoms with E-state index in [1.165, 1.54) is 49.0 Å². The molecular weight excluding hydrogens is 328 g/mol. The van der Waals surface area contributed by atoms with Gasteiger partial charge in [-0.05, 0) is 56.8 Å². The van der Waals surface area contributed by atoms with E-state index in [-0.39, 0.29) is 5.92 Å². The molecule has 4 rings (SSSR count). The summed E-state index contributed by atoms with van der Waals surface area (Å²) < 4.78 is 0. The lowest BCUT2D eigenvalue weighted by atomic mass is 9.97. The molecule has 3 aliphatic rings. The number of nitrogens with zero attached hydrogens (tertiary/aromatic N) is 2. The van der Waals surface area contributed by atoms with E-state index < -0.39 is 0 Å². The molecule has 0 spiro atoms. The average Bonchev–Trinajstić information content (AvgIpc) is 3.05. The largest absolute Gasteiger partial charge is 0.336 e. The number of aryl methyl sites for hydroxylation is 2. The maximum absolute atomic E-state index is 13.4. The van der Waals surface area contributed by atoms with Crippen LogP contribution >= 0.6 is 11.8 Å². The van der Waals surface area contributed by atoms with E-state index in [1.54, 1.807) is 0 Å². The van der Waals surface area contributed by atoms with Gasteiger partial charge in [0.15, 0.2) is 0 Å². The van der Waals surface area contributed by atoms with Crippen molar-refractivity contribution >= 4 is 17.7 Å². The molecule has 1 amide bonds. The Bertz CT molecular complexity index is 626. The topological polar surface area (TPSA) is 23.6 Å². The first-order chi connectivity index (χ1) is 12.2. The lowest BCUT2D eigenvalue weighted by molar-refractivity contribution is -0.135. The van der Waals surface area contributed by atoms with Gasteiger partial charge in [-0.2, -0.15) is 11.8 Å². The van der Waals surface area contributed by atoms with Crippen LogP contribution in [0.4, 0.5) is 0 Å². The quantitative estimate of drug-likeness (QED) is 0.827. The van der Waals surface area contributed by atoms with Crippen LogP contribution in [-0.2, 0) is 11.2 Å². The highest BCUT2D eigenvalue weighted by Crippen LogP contribution is 2.36. The molecule has 2 fully saturated rings. The summed E-state index contributed by atoms with van der Waals surface area (Å²) in [5.41, 5.74) is 3.97. The smallest absolute Gasteiger partial charge is 0.230 e. The molecule has 0 N–H and O–H groups in total. The van der Waals surface area contributed by atoms with Gasteiger partial charge in [-0.1, -0.05) is 30.2 Å². The molecule has 2 saturated heterocycles. The highest BCUT2D eigenvalue weighted by atomic mass is 32.2. The predicted octanol–water partition coefficient (Wildman–Crippen LogP) is 3.45. The van der Waals surface area contributed by atoms with Crippen LogP contribution < -0.4 is 0 Å². The van der Waals surface area contributed by atoms with Gasteiger partial charge in [-0.3, -0.25) is 4.79 Å². The number of amides is 1. The molecule has 2 atom stereocenters. The molecule has 0 bridgehead atoms. The predicted molar refractivity (Wildman–Crippen MR) is 105 cm³/mol. The number of hydrogen-bond donors (Lipinski definition) is 0. The van der Waals surface area contributed by atoms with Crippen molar-refractivity contribution < 1.29 is 4.79 Å². The zero-order valence-corrected chi connectivity index (χ0v) is 16.2. The molecule has 0 saturated carbocycles. The van der Waals surface area contributed by atoms with E-state index in [2.05, 4.69) is 34.9 Å². The van der Waals surface area contributed by atoms with Crippen LogP contribution in [0.5, 0.6) is 0 Å². The summed E-state index contributed by atoms with van der Waals surface area (Å²) in [5, 5.41) is 0. The first-order valence-corrected chi connectivity index (χ1v) is 11.1. The summed E-state index contributed by atoms with van der Waals surface area (Å²) >= 11 is 2.02. The van der Waals surface area contributed by atoms with Gasteiger partial charge in [0.2, 0.25) is 5.91 Å². The second-order valence-corrected chi connectivity index (χ2v) is 9.06. The molecule has 25 heavy (non-hydrogen) atoms. The van der Waals surface area contributed by atoms with Gasteiger partial charge in [0.1, 0.15) is 0 Å². The Balaban J connectivity index is 1.49. The van der Waals surface area contributed by atoms with Crippen molar-refractivity contribution in [1.82, 2.24) is 9.80 Å². The highest BCUT2D eigenvalue weighted by Gasteiger charge is 2.36. The molecule has 1 aromatic rings. The van der Waals surface area contributed by atoms with Crippen LogP contribution in [0.3, 0.4) is 0 Å². The standard InChI is InChI=1S/C21H30N2OS/c1-16-5-6-17-7-8-19(20(17)13-16)21(24)23-11-12-25-15-18(23)14-22-9-3-2-4-10-22/h5-6,13,18-19H,2-4,7-12,14-15H2,1H3. The lowest BCUT2D eigenvalue weighted by Crippen LogP contribution is -2.53. The van der Waals surface area contributed by atoms with Crippen LogP contribution in [0.1, 0.15) is 48.3 Å². The highest BCUT2D eigenvalue weighted by molar-refractivity contribution is 7.99. The SMILES string of the molecule is Cc1ccc2c(c1)C(C(=O)N1CCSCC1CN1CCCCC1)CC2. The zero-order chi connectivity index (χ0) is 17.2. The summed E-state index contributed by atoms with van der Waals surface area (Å²) in [5.74, 6) is 2.69. The fourth-order valence-electron chi connectivity index (χ4n) is 4.71.